The molecule has 52 heavy (non-hydrogen) atoms. The number of carbonyl (C=O) groups excluding carboxylic acids is 2. The van der Waals surface area contributed by atoms with Gasteiger partial charge in [0.25, 0.3) is 0 Å². The lowest BCUT2D eigenvalue weighted by atomic mass is 9.98. The molecule has 278 valence electrons. The number of hydrogen-bond donors (Lipinski definition) is 0. The van der Waals surface area contributed by atoms with E-state index in [4.69, 9.17) is 37.4 Å². The summed E-state index contributed by atoms with van der Waals surface area (Å²) in [6, 6.07) is 14.0. The molecule has 9 nitrogen and oxygen atoms in total. The molecule has 0 aliphatic heterocycles. The summed E-state index contributed by atoms with van der Waals surface area (Å²) < 4.78 is 35.1. The van der Waals surface area contributed by atoms with Crippen LogP contribution in [0.2, 0.25) is 5.02 Å². The Morgan fingerprint density at radius 2 is 1.77 bits per heavy atom. The zero-order chi connectivity index (χ0) is 37.7. The molecule has 0 N–H and O–H groups in total. The number of hydrogen-bond acceptors (Lipinski definition) is 6. The zero-order valence-corrected chi connectivity index (χ0v) is 32.5. The Kier molecular flexibility index (Phi) is 12.4. The molecule has 1 amide bonds. The monoisotopic (exact) mass is 752 g/mol. The minimum Gasteiger partial charge on any atom is -0.493 e. The van der Waals surface area contributed by atoms with Gasteiger partial charge in [-0.2, -0.15) is 5.10 Å². The Morgan fingerprint density at radius 1 is 1.02 bits per heavy atom. The first-order valence-electron chi connectivity index (χ1n) is 17.6. The highest BCUT2D eigenvalue weighted by Gasteiger charge is 2.29. The van der Waals surface area contributed by atoms with Crippen molar-refractivity contribution in [1.29, 1.82) is 0 Å². The molecule has 0 unspecified atom stereocenters. The third-order valence-corrected chi connectivity index (χ3v) is 9.56. The maximum atomic E-state index is 13.9. The van der Waals surface area contributed by atoms with Crippen molar-refractivity contribution in [1.82, 2.24) is 19.2 Å². The molecular weight excluding hydrogens is 706 g/mol. The van der Waals surface area contributed by atoms with Crippen LogP contribution in [-0.4, -0.2) is 63.7 Å². The van der Waals surface area contributed by atoms with E-state index in [1.807, 2.05) is 69.6 Å². The minimum atomic E-state index is -0.596. The van der Waals surface area contributed by atoms with Gasteiger partial charge in [0, 0.05) is 54.8 Å². The fourth-order valence-corrected chi connectivity index (χ4v) is 7.00. The number of rotatable bonds is 14. The molecule has 5 aromatic rings. The first-order valence-corrected chi connectivity index (χ1v) is 18.5. The van der Waals surface area contributed by atoms with Gasteiger partial charge in [0.1, 0.15) is 22.9 Å². The standard InChI is InChI=1S/C40H47Cl2FN4O5/c1-8-50-38(48)37-29(14-12-22-51-33-15-11-13-26-23-27(43)16-17-28(26)33)30-18-19-31(42)35(34-25(2)46(7)44-32(34)24-41)36(30)47(37)21-10-9-20-45(6)39(49)52-40(3,4)5/h11,13,15-19,23H,8-10,12,14,20-22,24H2,1-7H3. The molecular formula is C40H47Cl2FN4O5. The van der Waals surface area contributed by atoms with E-state index < -0.39 is 11.6 Å². The van der Waals surface area contributed by atoms with Crippen LogP contribution in [0.15, 0.2) is 48.5 Å². The lowest BCUT2D eigenvalue weighted by molar-refractivity contribution is 0.0296. The molecule has 0 fully saturated rings. The van der Waals surface area contributed by atoms with E-state index in [0.717, 1.165) is 44.1 Å². The molecule has 0 atom stereocenters. The van der Waals surface area contributed by atoms with Crippen LogP contribution in [0, 0.1) is 12.7 Å². The third kappa shape index (κ3) is 8.50. The van der Waals surface area contributed by atoms with E-state index in [2.05, 4.69) is 5.10 Å². The van der Waals surface area contributed by atoms with Crippen molar-refractivity contribution in [3.63, 3.8) is 0 Å². The Morgan fingerprint density at radius 3 is 2.48 bits per heavy atom. The summed E-state index contributed by atoms with van der Waals surface area (Å²) in [6.07, 6.45) is 2.01. The molecule has 5 rings (SSSR count). The predicted octanol–water partition coefficient (Wildman–Crippen LogP) is 9.87. The number of fused-ring (bicyclic) bond motifs is 2. The zero-order valence-electron chi connectivity index (χ0n) is 30.9. The Hall–Kier alpha value is -4.28. The fourth-order valence-electron chi connectivity index (χ4n) is 6.57. The maximum Gasteiger partial charge on any atom is 0.410 e. The molecule has 0 bridgehead atoms. The lowest BCUT2D eigenvalue weighted by Crippen LogP contribution is -2.34. The highest BCUT2D eigenvalue weighted by atomic mass is 35.5. The topological polar surface area (TPSA) is 87.8 Å². The summed E-state index contributed by atoms with van der Waals surface area (Å²) in [5.41, 5.74) is 4.64. The van der Waals surface area contributed by atoms with Crippen LogP contribution in [0.3, 0.4) is 0 Å². The first kappa shape index (κ1) is 38.9. The molecule has 0 aliphatic carbocycles. The van der Waals surface area contributed by atoms with Crippen LogP contribution in [0.25, 0.3) is 32.8 Å². The highest BCUT2D eigenvalue weighted by molar-refractivity contribution is 6.35. The second kappa shape index (κ2) is 16.6. The van der Waals surface area contributed by atoms with Crippen LogP contribution in [0.1, 0.15) is 74.4 Å². The van der Waals surface area contributed by atoms with E-state index in [-0.39, 0.29) is 24.4 Å². The van der Waals surface area contributed by atoms with Crippen LogP contribution in [-0.2, 0) is 35.4 Å². The Balaban J connectivity index is 1.54. The number of aryl methyl sites for hydroxylation is 3. The second-order valence-electron chi connectivity index (χ2n) is 13.9. The minimum absolute atomic E-state index is 0.178. The number of nitrogens with zero attached hydrogens (tertiary/aromatic N) is 4. The molecule has 0 saturated carbocycles. The summed E-state index contributed by atoms with van der Waals surface area (Å²) in [5.74, 6) is 0.106. The molecule has 0 aliphatic rings. The van der Waals surface area contributed by atoms with Gasteiger partial charge in [-0.3, -0.25) is 4.68 Å². The molecule has 0 saturated heterocycles. The van der Waals surface area contributed by atoms with Crippen molar-refractivity contribution in [2.45, 2.75) is 78.3 Å². The first-order chi connectivity index (χ1) is 24.7. The molecule has 3 aromatic carbocycles. The lowest BCUT2D eigenvalue weighted by Gasteiger charge is -2.24. The molecule has 0 radical (unpaired) electrons. The highest BCUT2D eigenvalue weighted by Crippen LogP contribution is 2.43. The van der Waals surface area contributed by atoms with E-state index in [0.29, 0.717) is 67.5 Å². The predicted molar refractivity (Wildman–Crippen MR) is 205 cm³/mol. The van der Waals surface area contributed by atoms with Crippen molar-refractivity contribution < 1.29 is 28.2 Å². The third-order valence-electron chi connectivity index (χ3n) is 8.99. The summed E-state index contributed by atoms with van der Waals surface area (Å²) in [5, 5.41) is 7.63. The van der Waals surface area contributed by atoms with Gasteiger partial charge in [0.05, 0.1) is 35.3 Å². The van der Waals surface area contributed by atoms with Crippen LogP contribution in [0.5, 0.6) is 5.75 Å². The number of benzene rings is 3. The van der Waals surface area contributed by atoms with Crippen molar-refractivity contribution in [2.24, 2.45) is 7.05 Å². The largest absolute Gasteiger partial charge is 0.493 e. The van der Waals surface area contributed by atoms with E-state index in [1.54, 1.807) is 29.6 Å². The molecule has 2 aromatic heterocycles. The summed E-state index contributed by atoms with van der Waals surface area (Å²) in [6.45, 7) is 10.8. The smallest absolute Gasteiger partial charge is 0.410 e. The van der Waals surface area contributed by atoms with Gasteiger partial charge >= 0.3 is 12.1 Å². The van der Waals surface area contributed by atoms with Crippen molar-refractivity contribution in [2.75, 3.05) is 26.8 Å². The number of halogens is 3. The van der Waals surface area contributed by atoms with Gasteiger partial charge in [0.15, 0.2) is 0 Å². The van der Waals surface area contributed by atoms with Gasteiger partial charge in [-0.15, -0.1) is 11.6 Å². The number of ether oxygens (including phenoxy) is 3. The average molecular weight is 754 g/mol. The number of amides is 1. The fraction of sp³-hybridized carbons (Fsp3) is 0.425. The molecule has 2 heterocycles. The van der Waals surface area contributed by atoms with Crippen molar-refractivity contribution >= 4 is 56.9 Å². The van der Waals surface area contributed by atoms with Crippen molar-refractivity contribution in [3.8, 4) is 16.9 Å². The second-order valence-corrected chi connectivity index (χ2v) is 14.5. The average Bonchev–Trinajstić information content (AvgIpc) is 3.56. The van der Waals surface area contributed by atoms with Gasteiger partial charge in [0.2, 0.25) is 0 Å². The van der Waals surface area contributed by atoms with Crippen LogP contribution >= 0.6 is 23.2 Å². The summed E-state index contributed by atoms with van der Waals surface area (Å²) in [7, 11) is 3.59. The van der Waals surface area contributed by atoms with Gasteiger partial charge in [-0.1, -0.05) is 29.8 Å². The number of alkyl halides is 1. The maximum absolute atomic E-state index is 13.9. The number of esters is 1. The Labute approximate surface area is 314 Å². The van der Waals surface area contributed by atoms with Crippen LogP contribution in [0.4, 0.5) is 9.18 Å². The quantitative estimate of drug-likeness (QED) is 0.0638. The Bertz CT molecular complexity index is 2080. The number of aromatic nitrogens is 3. The van der Waals surface area contributed by atoms with E-state index in [1.165, 1.54) is 12.1 Å². The molecule has 0 spiro atoms. The van der Waals surface area contributed by atoms with Gasteiger partial charge in [-0.05, 0) is 102 Å². The van der Waals surface area contributed by atoms with Crippen LogP contribution < -0.4 is 4.74 Å². The van der Waals surface area contributed by atoms with E-state index >= 15 is 0 Å². The van der Waals surface area contributed by atoms with Gasteiger partial charge < -0.3 is 23.7 Å². The normalized spacial score (nSPS) is 11.7. The summed E-state index contributed by atoms with van der Waals surface area (Å²) >= 11 is 13.5. The number of unbranched alkanes of at least 4 members (excludes halogenated alkanes) is 1. The summed E-state index contributed by atoms with van der Waals surface area (Å²) in [4.78, 5) is 28.1. The van der Waals surface area contributed by atoms with Crippen molar-refractivity contribution in [3.05, 3.63) is 82.0 Å². The molecule has 12 heteroatoms. The van der Waals surface area contributed by atoms with Gasteiger partial charge in [-0.25, -0.2) is 14.0 Å². The SMILES string of the molecule is CCOC(=O)c1c(CCCOc2cccc3cc(F)ccc23)c2ccc(Cl)c(-c3c(CCl)nn(C)c3C)c2n1CCCCN(C)C(=O)OC(C)(C)C. The van der Waals surface area contributed by atoms with E-state index in [9.17, 15) is 14.0 Å². The number of carbonyl (C=O) groups is 2.